The number of nitrogens with one attached hydrogen (secondary N) is 1. The summed E-state index contributed by atoms with van der Waals surface area (Å²) in [6.45, 7) is 6.08. The molecule has 0 amide bonds. The molecule has 0 saturated heterocycles. The van der Waals surface area contributed by atoms with Crippen LogP contribution in [-0.4, -0.2) is 19.8 Å². The SMILES string of the molecule is CCCCCCCCCOCCCNCc1ccccc1. The Balaban J connectivity index is 1.75. The minimum Gasteiger partial charge on any atom is -0.381 e. The first-order valence-electron chi connectivity index (χ1n) is 8.76. The second-order valence-corrected chi connectivity index (χ2v) is 5.75. The van der Waals surface area contributed by atoms with E-state index in [9.17, 15) is 0 Å². The third-order valence-electron chi connectivity index (χ3n) is 3.71. The molecule has 0 aliphatic heterocycles. The van der Waals surface area contributed by atoms with E-state index in [4.69, 9.17) is 4.74 Å². The van der Waals surface area contributed by atoms with Crippen molar-refractivity contribution >= 4 is 0 Å². The minimum absolute atomic E-state index is 0.887. The quantitative estimate of drug-likeness (QED) is 0.491. The Morgan fingerprint density at radius 2 is 1.48 bits per heavy atom. The van der Waals surface area contributed by atoms with Crippen molar-refractivity contribution in [3.63, 3.8) is 0 Å². The minimum atomic E-state index is 0.887. The van der Waals surface area contributed by atoms with E-state index in [0.717, 1.165) is 32.7 Å². The maximum atomic E-state index is 5.67. The standard InChI is InChI=1S/C19H33NO/c1-2-3-4-5-6-7-11-16-21-17-12-15-20-18-19-13-9-8-10-14-19/h8-10,13-14,20H,2-7,11-12,15-18H2,1H3. The maximum absolute atomic E-state index is 5.67. The third kappa shape index (κ3) is 11.5. The fraction of sp³-hybridized carbons (Fsp3) is 0.684. The van der Waals surface area contributed by atoms with E-state index >= 15 is 0 Å². The van der Waals surface area contributed by atoms with Crippen molar-refractivity contribution in [2.45, 2.75) is 64.8 Å². The van der Waals surface area contributed by atoms with Crippen molar-refractivity contribution in [2.75, 3.05) is 19.8 Å². The molecule has 2 heteroatoms. The predicted octanol–water partition coefficient (Wildman–Crippen LogP) is 4.93. The molecule has 0 aliphatic carbocycles. The van der Waals surface area contributed by atoms with E-state index in [-0.39, 0.29) is 0 Å². The molecular weight excluding hydrogens is 258 g/mol. The Bertz CT molecular complexity index is 313. The van der Waals surface area contributed by atoms with Crippen LogP contribution in [0.5, 0.6) is 0 Å². The summed E-state index contributed by atoms with van der Waals surface area (Å²) in [5, 5.41) is 3.45. The van der Waals surface area contributed by atoms with Gasteiger partial charge < -0.3 is 10.1 Å². The first-order chi connectivity index (χ1) is 10.4. The van der Waals surface area contributed by atoms with Crippen molar-refractivity contribution in [3.05, 3.63) is 35.9 Å². The van der Waals surface area contributed by atoms with Crippen molar-refractivity contribution in [1.29, 1.82) is 0 Å². The second-order valence-electron chi connectivity index (χ2n) is 5.75. The van der Waals surface area contributed by atoms with Crippen LogP contribution >= 0.6 is 0 Å². The molecule has 1 rings (SSSR count). The summed E-state index contributed by atoms with van der Waals surface area (Å²) in [5.74, 6) is 0. The van der Waals surface area contributed by atoms with Crippen LogP contribution < -0.4 is 5.32 Å². The summed E-state index contributed by atoms with van der Waals surface area (Å²) in [6.07, 6.45) is 10.6. The Kier molecular flexibility index (Phi) is 12.2. The monoisotopic (exact) mass is 291 g/mol. The van der Waals surface area contributed by atoms with Crippen LogP contribution in [0.2, 0.25) is 0 Å². The van der Waals surface area contributed by atoms with Crippen molar-refractivity contribution in [2.24, 2.45) is 0 Å². The summed E-state index contributed by atoms with van der Waals surface area (Å²) < 4.78 is 5.67. The number of hydrogen-bond donors (Lipinski definition) is 1. The molecule has 1 aromatic carbocycles. The molecule has 0 fully saturated rings. The molecule has 0 heterocycles. The third-order valence-corrected chi connectivity index (χ3v) is 3.71. The van der Waals surface area contributed by atoms with E-state index < -0.39 is 0 Å². The molecule has 0 aromatic heterocycles. The molecule has 1 N–H and O–H groups in total. The van der Waals surface area contributed by atoms with Gasteiger partial charge in [-0.2, -0.15) is 0 Å². The molecule has 0 saturated carbocycles. The fourth-order valence-corrected chi connectivity index (χ4v) is 2.39. The zero-order chi connectivity index (χ0) is 15.0. The van der Waals surface area contributed by atoms with Gasteiger partial charge in [-0.3, -0.25) is 0 Å². The second kappa shape index (κ2) is 14.1. The molecule has 2 nitrogen and oxygen atoms in total. The fourth-order valence-electron chi connectivity index (χ4n) is 2.39. The molecule has 0 bridgehead atoms. The lowest BCUT2D eigenvalue weighted by atomic mass is 10.1. The van der Waals surface area contributed by atoms with E-state index in [0.29, 0.717) is 0 Å². The van der Waals surface area contributed by atoms with Gasteiger partial charge in [0, 0.05) is 19.8 Å². The van der Waals surface area contributed by atoms with Crippen molar-refractivity contribution in [1.82, 2.24) is 5.32 Å². The highest BCUT2D eigenvalue weighted by molar-refractivity contribution is 5.14. The summed E-state index contributed by atoms with van der Waals surface area (Å²) in [6, 6.07) is 10.5. The van der Waals surface area contributed by atoms with Gasteiger partial charge in [-0.15, -0.1) is 0 Å². The van der Waals surface area contributed by atoms with E-state index in [1.54, 1.807) is 0 Å². The van der Waals surface area contributed by atoms with E-state index in [1.165, 1.54) is 50.5 Å². The maximum Gasteiger partial charge on any atom is 0.0478 e. The molecule has 0 radical (unpaired) electrons. The van der Waals surface area contributed by atoms with E-state index in [2.05, 4.69) is 42.6 Å². The van der Waals surface area contributed by atoms with Gasteiger partial charge in [0.05, 0.1) is 0 Å². The largest absolute Gasteiger partial charge is 0.381 e. The van der Waals surface area contributed by atoms with Crippen LogP contribution in [0.15, 0.2) is 30.3 Å². The van der Waals surface area contributed by atoms with Gasteiger partial charge in [0.15, 0.2) is 0 Å². The van der Waals surface area contributed by atoms with Crippen LogP contribution in [0.25, 0.3) is 0 Å². The highest BCUT2D eigenvalue weighted by Crippen LogP contribution is 2.06. The molecular formula is C19H33NO. The van der Waals surface area contributed by atoms with Gasteiger partial charge in [0.2, 0.25) is 0 Å². The predicted molar refractivity (Wildman–Crippen MR) is 91.6 cm³/mol. The summed E-state index contributed by atoms with van der Waals surface area (Å²) in [5.41, 5.74) is 1.35. The van der Waals surface area contributed by atoms with Gasteiger partial charge in [-0.25, -0.2) is 0 Å². The van der Waals surface area contributed by atoms with Crippen LogP contribution in [0.3, 0.4) is 0 Å². The van der Waals surface area contributed by atoms with Crippen molar-refractivity contribution in [3.8, 4) is 0 Å². The lowest BCUT2D eigenvalue weighted by molar-refractivity contribution is 0.127. The molecule has 120 valence electrons. The van der Waals surface area contributed by atoms with E-state index in [1.807, 2.05) is 0 Å². The molecule has 0 aliphatic rings. The Labute approximate surface area is 131 Å². The van der Waals surface area contributed by atoms with Gasteiger partial charge >= 0.3 is 0 Å². The number of ether oxygens (including phenoxy) is 1. The average molecular weight is 291 g/mol. The number of unbranched alkanes of at least 4 members (excludes halogenated alkanes) is 6. The average Bonchev–Trinajstić information content (AvgIpc) is 2.53. The molecule has 0 spiro atoms. The first kappa shape index (κ1) is 18.2. The molecule has 0 atom stereocenters. The lowest BCUT2D eigenvalue weighted by Crippen LogP contribution is -2.16. The highest BCUT2D eigenvalue weighted by Gasteiger charge is 1.93. The van der Waals surface area contributed by atoms with Crippen LogP contribution in [-0.2, 0) is 11.3 Å². The van der Waals surface area contributed by atoms with Gasteiger partial charge in [0.1, 0.15) is 0 Å². The van der Waals surface area contributed by atoms with Gasteiger partial charge in [-0.1, -0.05) is 75.8 Å². The Morgan fingerprint density at radius 1 is 0.810 bits per heavy atom. The van der Waals surface area contributed by atoms with Gasteiger partial charge in [-0.05, 0) is 24.9 Å². The van der Waals surface area contributed by atoms with Gasteiger partial charge in [0.25, 0.3) is 0 Å². The highest BCUT2D eigenvalue weighted by atomic mass is 16.5. The number of benzene rings is 1. The summed E-state index contributed by atoms with van der Waals surface area (Å²) in [4.78, 5) is 0. The van der Waals surface area contributed by atoms with Crippen LogP contribution in [0, 0.1) is 0 Å². The topological polar surface area (TPSA) is 21.3 Å². The summed E-state index contributed by atoms with van der Waals surface area (Å²) in [7, 11) is 0. The Hall–Kier alpha value is -0.860. The smallest absolute Gasteiger partial charge is 0.0478 e. The van der Waals surface area contributed by atoms with Crippen LogP contribution in [0.4, 0.5) is 0 Å². The van der Waals surface area contributed by atoms with Crippen molar-refractivity contribution < 1.29 is 4.74 Å². The number of rotatable bonds is 14. The molecule has 0 unspecified atom stereocenters. The molecule has 21 heavy (non-hydrogen) atoms. The first-order valence-corrected chi connectivity index (χ1v) is 8.76. The summed E-state index contributed by atoms with van der Waals surface area (Å²) >= 11 is 0. The zero-order valence-electron chi connectivity index (χ0n) is 13.8. The Morgan fingerprint density at radius 3 is 2.24 bits per heavy atom. The van der Waals surface area contributed by atoms with Crippen LogP contribution in [0.1, 0.15) is 63.9 Å². The lowest BCUT2D eigenvalue weighted by Gasteiger charge is -2.06. The number of hydrogen-bond acceptors (Lipinski definition) is 2. The zero-order valence-corrected chi connectivity index (χ0v) is 13.8. The molecule has 1 aromatic rings. The normalized spacial score (nSPS) is 10.9.